The van der Waals surface area contributed by atoms with Gasteiger partial charge in [-0.15, -0.1) is 0 Å². The first-order valence-corrected chi connectivity index (χ1v) is 14.3. The van der Waals surface area contributed by atoms with E-state index in [4.69, 9.17) is 17.0 Å². The van der Waals surface area contributed by atoms with E-state index in [0.29, 0.717) is 6.54 Å². The van der Waals surface area contributed by atoms with E-state index in [2.05, 4.69) is 101 Å². The molecule has 0 aromatic rings. The van der Waals surface area contributed by atoms with Crippen LogP contribution in [-0.2, 0) is 0 Å². The Labute approximate surface area is 239 Å². The van der Waals surface area contributed by atoms with E-state index in [-0.39, 0.29) is 18.1 Å². The number of hydrogen-bond acceptors (Lipinski definition) is 6. The van der Waals surface area contributed by atoms with Gasteiger partial charge in [0.25, 0.3) is 0 Å². The van der Waals surface area contributed by atoms with Crippen LogP contribution in [0, 0.1) is 5.41 Å². The number of fused-ring (bicyclic) bond motifs is 1. The van der Waals surface area contributed by atoms with E-state index in [0.717, 1.165) is 60.4 Å². The van der Waals surface area contributed by atoms with Crippen LogP contribution >= 0.6 is 11.6 Å². The molecule has 0 spiro atoms. The zero-order valence-corrected chi connectivity index (χ0v) is 24.2. The third kappa shape index (κ3) is 6.99. The lowest BCUT2D eigenvalue weighted by atomic mass is 10.0. The summed E-state index contributed by atoms with van der Waals surface area (Å²) in [5, 5.41) is 11.6. The maximum atomic E-state index is 7.28. The van der Waals surface area contributed by atoms with Crippen LogP contribution < -0.4 is 5.32 Å². The maximum Gasteiger partial charge on any atom is 0.0948 e. The standard InChI is InChI=1S/C32H43ClN6/c1-6-28-23-37(26(4)29-19-31-32(20-30(29)33)38(31)18-12-14-34)17-9-7-8-13-24(2)22-39(28)27(5)35-21-25(3)36-15-10-11-16-36/h7-9,12-14,17-20,28,31-32,34-35H,3-6,10-11,15-16,21-23H2,1-2H3/b8-7-,17-9+,18-12-,24-13+,34-14?. The predicted octanol–water partition coefficient (Wildman–Crippen LogP) is 5.86. The summed E-state index contributed by atoms with van der Waals surface area (Å²) in [5.74, 6) is 0.914. The highest BCUT2D eigenvalue weighted by molar-refractivity contribution is 6.32. The Kier molecular flexibility index (Phi) is 9.63. The van der Waals surface area contributed by atoms with Crippen LogP contribution in [0.1, 0.15) is 33.1 Å². The summed E-state index contributed by atoms with van der Waals surface area (Å²) in [7, 11) is 0. The van der Waals surface area contributed by atoms with Gasteiger partial charge in [0, 0.05) is 72.8 Å². The van der Waals surface area contributed by atoms with Gasteiger partial charge >= 0.3 is 0 Å². The molecule has 6 nitrogen and oxygen atoms in total. The average Bonchev–Trinajstić information content (AvgIpc) is 3.30. The number of hydrogen-bond donors (Lipinski definition) is 2. The summed E-state index contributed by atoms with van der Waals surface area (Å²) in [4.78, 5) is 9.16. The molecule has 3 atom stereocenters. The molecular weight excluding hydrogens is 504 g/mol. The molecular formula is C32H43ClN6. The molecule has 0 aromatic heterocycles. The number of halogens is 1. The average molecular weight is 547 g/mol. The highest BCUT2D eigenvalue weighted by atomic mass is 35.5. The van der Waals surface area contributed by atoms with Gasteiger partial charge in [-0.3, -0.25) is 0 Å². The van der Waals surface area contributed by atoms with Gasteiger partial charge in [0.15, 0.2) is 0 Å². The van der Waals surface area contributed by atoms with Crippen molar-refractivity contribution in [3.8, 4) is 0 Å². The van der Waals surface area contributed by atoms with Crippen molar-refractivity contribution in [3.05, 3.63) is 108 Å². The Morgan fingerprint density at radius 2 is 1.87 bits per heavy atom. The Bertz CT molecular complexity index is 1150. The summed E-state index contributed by atoms with van der Waals surface area (Å²) in [6.07, 6.45) is 23.2. The molecule has 3 aliphatic heterocycles. The Hall–Kier alpha value is -3.38. The van der Waals surface area contributed by atoms with E-state index in [1.807, 2.05) is 6.20 Å². The zero-order chi connectivity index (χ0) is 27.9. The van der Waals surface area contributed by atoms with Gasteiger partial charge < -0.3 is 30.3 Å². The lowest BCUT2D eigenvalue weighted by molar-refractivity contribution is 0.212. The van der Waals surface area contributed by atoms with Gasteiger partial charge in [0.2, 0.25) is 0 Å². The Morgan fingerprint density at radius 1 is 1.13 bits per heavy atom. The molecule has 4 aliphatic rings. The van der Waals surface area contributed by atoms with Crippen LogP contribution in [0.4, 0.5) is 0 Å². The van der Waals surface area contributed by atoms with Crippen LogP contribution in [0.3, 0.4) is 0 Å². The van der Waals surface area contributed by atoms with Crippen molar-refractivity contribution >= 4 is 17.8 Å². The maximum absolute atomic E-state index is 7.28. The van der Waals surface area contributed by atoms with Crippen molar-refractivity contribution in [1.29, 1.82) is 5.41 Å². The van der Waals surface area contributed by atoms with Crippen molar-refractivity contribution in [2.75, 3.05) is 32.7 Å². The van der Waals surface area contributed by atoms with E-state index in [1.165, 1.54) is 24.6 Å². The molecule has 2 saturated heterocycles. The van der Waals surface area contributed by atoms with Crippen LogP contribution in [-0.4, -0.2) is 76.7 Å². The van der Waals surface area contributed by atoms with Crippen molar-refractivity contribution in [2.45, 2.75) is 51.2 Å². The van der Waals surface area contributed by atoms with Gasteiger partial charge in [0.1, 0.15) is 0 Å². The molecule has 2 fully saturated rings. The summed E-state index contributed by atoms with van der Waals surface area (Å²) >= 11 is 6.78. The van der Waals surface area contributed by atoms with Gasteiger partial charge in [0.05, 0.1) is 24.4 Å². The van der Waals surface area contributed by atoms with Gasteiger partial charge in [-0.1, -0.05) is 62.1 Å². The second kappa shape index (κ2) is 13.1. The van der Waals surface area contributed by atoms with Crippen LogP contribution in [0.15, 0.2) is 108 Å². The SMILES string of the molecule is C=C(C1=CC2C(C=C1Cl)N2/C=C\C=N)N1/C=C/C=C\C=C(/C)CN(C(=C)NCC(=C)N2CCCC2)C(CC)C1. The largest absolute Gasteiger partial charge is 0.374 e. The number of rotatable bonds is 10. The van der Waals surface area contributed by atoms with E-state index in [1.54, 1.807) is 6.08 Å². The topological polar surface area (TPSA) is 48.6 Å². The third-order valence-corrected chi connectivity index (χ3v) is 8.21. The number of likely N-dealkylation sites (tertiary alicyclic amines) is 1. The second-order valence-corrected chi connectivity index (χ2v) is 11.0. The second-order valence-electron chi connectivity index (χ2n) is 10.6. The van der Waals surface area contributed by atoms with Crippen LogP contribution in [0.5, 0.6) is 0 Å². The Balaban J connectivity index is 1.52. The fourth-order valence-corrected chi connectivity index (χ4v) is 5.77. The monoisotopic (exact) mass is 546 g/mol. The molecule has 2 N–H and O–H groups in total. The van der Waals surface area contributed by atoms with E-state index in [9.17, 15) is 0 Å². The minimum Gasteiger partial charge on any atom is -0.374 e. The molecule has 0 saturated carbocycles. The number of allylic oxidation sites excluding steroid dienone is 6. The molecule has 7 heteroatoms. The zero-order valence-electron chi connectivity index (χ0n) is 23.5. The molecule has 4 rings (SSSR count). The lowest BCUT2D eigenvalue weighted by Gasteiger charge is -2.39. The van der Waals surface area contributed by atoms with Crippen LogP contribution in [0.2, 0.25) is 0 Å². The minimum atomic E-state index is 0.195. The fourth-order valence-electron chi connectivity index (χ4n) is 5.47. The molecule has 0 radical (unpaired) electrons. The van der Waals surface area contributed by atoms with Crippen molar-refractivity contribution < 1.29 is 0 Å². The quantitative estimate of drug-likeness (QED) is 0.265. The smallest absolute Gasteiger partial charge is 0.0948 e. The molecule has 0 aromatic carbocycles. The first kappa shape index (κ1) is 28.6. The van der Waals surface area contributed by atoms with Crippen molar-refractivity contribution in [3.63, 3.8) is 0 Å². The molecule has 3 unspecified atom stereocenters. The van der Waals surface area contributed by atoms with E-state index < -0.39 is 0 Å². The molecule has 0 bridgehead atoms. The summed E-state index contributed by atoms with van der Waals surface area (Å²) in [6.45, 7) is 22.1. The van der Waals surface area contributed by atoms with Gasteiger partial charge in [-0.2, -0.15) is 0 Å². The normalized spacial score (nSPS) is 28.0. The summed E-state index contributed by atoms with van der Waals surface area (Å²) in [6, 6.07) is 0.700. The molecule has 1 aliphatic carbocycles. The first-order chi connectivity index (χ1) is 18.8. The summed E-state index contributed by atoms with van der Waals surface area (Å²) in [5.41, 5.74) is 4.24. The predicted molar refractivity (Wildman–Crippen MR) is 165 cm³/mol. The number of nitrogens with zero attached hydrogens (tertiary/aromatic N) is 4. The van der Waals surface area contributed by atoms with Gasteiger partial charge in [-0.05, 0) is 50.5 Å². The molecule has 3 heterocycles. The van der Waals surface area contributed by atoms with Crippen LogP contribution in [0.25, 0.3) is 0 Å². The third-order valence-electron chi connectivity index (χ3n) is 7.88. The molecule has 0 amide bonds. The van der Waals surface area contributed by atoms with Crippen molar-refractivity contribution in [2.24, 2.45) is 0 Å². The highest BCUT2D eigenvalue weighted by Gasteiger charge is 2.45. The lowest BCUT2D eigenvalue weighted by Crippen LogP contribution is -2.46. The minimum absolute atomic E-state index is 0.195. The summed E-state index contributed by atoms with van der Waals surface area (Å²) < 4.78 is 0. The first-order valence-electron chi connectivity index (χ1n) is 14.0. The molecule has 39 heavy (non-hydrogen) atoms. The van der Waals surface area contributed by atoms with E-state index >= 15 is 0 Å². The number of nitrogens with one attached hydrogen (secondary N) is 2. The van der Waals surface area contributed by atoms with Crippen molar-refractivity contribution in [1.82, 2.24) is 24.9 Å². The fraction of sp³-hybridized carbons (Fsp3) is 0.406. The Morgan fingerprint density at radius 3 is 2.59 bits per heavy atom. The van der Waals surface area contributed by atoms with Gasteiger partial charge in [-0.25, -0.2) is 0 Å². The highest BCUT2D eigenvalue weighted by Crippen LogP contribution is 2.41. The molecule has 208 valence electrons.